The lowest BCUT2D eigenvalue weighted by Gasteiger charge is -2.30. The molecule has 23 heavy (non-hydrogen) atoms. The molecule has 3 rings (SSSR count). The van der Waals surface area contributed by atoms with Gasteiger partial charge in [-0.15, -0.1) is 0 Å². The van der Waals surface area contributed by atoms with E-state index in [1.165, 1.54) is 24.0 Å². The first-order valence-corrected chi connectivity index (χ1v) is 7.84. The van der Waals surface area contributed by atoms with Crippen LogP contribution in [0.3, 0.4) is 0 Å². The fourth-order valence-electron chi connectivity index (χ4n) is 2.53. The van der Waals surface area contributed by atoms with Crippen LogP contribution in [0.25, 0.3) is 11.3 Å². The monoisotopic (exact) mass is 338 g/mol. The van der Waals surface area contributed by atoms with E-state index in [9.17, 15) is 13.2 Å². The van der Waals surface area contributed by atoms with Gasteiger partial charge in [-0.05, 0) is 19.4 Å². The molecule has 0 saturated carbocycles. The Hall–Kier alpha value is -2.09. The second kappa shape index (κ2) is 5.84. The van der Waals surface area contributed by atoms with E-state index in [4.69, 9.17) is 5.73 Å². The van der Waals surface area contributed by atoms with Crippen LogP contribution >= 0.6 is 11.8 Å². The van der Waals surface area contributed by atoms with E-state index in [-0.39, 0.29) is 16.8 Å². The average molecular weight is 338 g/mol. The van der Waals surface area contributed by atoms with Gasteiger partial charge in [-0.25, -0.2) is 18.7 Å². The number of benzene rings is 1. The molecule has 0 amide bonds. The van der Waals surface area contributed by atoms with Crippen LogP contribution < -0.4 is 5.73 Å². The summed E-state index contributed by atoms with van der Waals surface area (Å²) in [6, 6.07) is 1.96. The van der Waals surface area contributed by atoms with E-state index in [2.05, 4.69) is 15.0 Å². The lowest BCUT2D eigenvalue weighted by Crippen LogP contribution is -2.29. The number of rotatable bonds is 2. The fourth-order valence-corrected chi connectivity index (χ4v) is 3.50. The summed E-state index contributed by atoms with van der Waals surface area (Å²) in [5.74, 6) is -1.91. The number of amidine groups is 1. The van der Waals surface area contributed by atoms with Gasteiger partial charge in [0.25, 0.3) is 0 Å². The molecule has 1 aliphatic rings. The molecular weight excluding hydrogens is 325 g/mol. The van der Waals surface area contributed by atoms with E-state index >= 15 is 0 Å². The van der Waals surface area contributed by atoms with Crippen molar-refractivity contribution in [2.24, 2.45) is 10.7 Å². The highest BCUT2D eigenvalue weighted by Gasteiger charge is 2.33. The minimum absolute atomic E-state index is 0.153. The number of hydrogen-bond donors (Lipinski definition) is 1. The molecule has 2 N–H and O–H groups in total. The summed E-state index contributed by atoms with van der Waals surface area (Å²) in [4.78, 5) is 11.5. The Kier molecular flexibility index (Phi) is 4.01. The summed E-state index contributed by atoms with van der Waals surface area (Å²) in [6.07, 6.45) is 2.94. The highest BCUT2D eigenvalue weighted by molar-refractivity contribution is 8.13. The maximum atomic E-state index is 14.3. The maximum Gasteiger partial charge on any atom is 0.239 e. The van der Waals surface area contributed by atoms with Crippen molar-refractivity contribution in [3.63, 3.8) is 0 Å². The first-order valence-electron chi connectivity index (χ1n) is 6.85. The van der Waals surface area contributed by atoms with Crippen molar-refractivity contribution >= 4 is 16.9 Å². The second-order valence-electron chi connectivity index (χ2n) is 5.33. The van der Waals surface area contributed by atoms with Crippen molar-refractivity contribution in [1.82, 2.24) is 9.97 Å². The molecule has 0 saturated heterocycles. The number of aliphatic imine (C=N–C) groups is 1. The number of aromatic nitrogens is 2. The first-order chi connectivity index (χ1) is 10.9. The molecule has 1 aromatic heterocycles. The molecule has 1 atom stereocenters. The normalized spacial score (nSPS) is 21.1. The largest absolute Gasteiger partial charge is 0.379 e. The third-order valence-corrected chi connectivity index (χ3v) is 4.54. The van der Waals surface area contributed by atoms with Crippen molar-refractivity contribution in [3.05, 3.63) is 47.7 Å². The standard InChI is InChI=1S/C15H13F3N4S/c1-15(2-5-23-14(19)22-15)9-6-8(10(16)7-11(9)17)12-13(18)21-4-3-20-12/h3-4,6-7H,2,5H2,1H3,(H2,19,22)/t15-/m0/s1. The maximum absolute atomic E-state index is 14.3. The van der Waals surface area contributed by atoms with Crippen LogP contribution in [0, 0.1) is 17.6 Å². The second-order valence-corrected chi connectivity index (χ2v) is 6.45. The van der Waals surface area contributed by atoms with Crippen molar-refractivity contribution in [2.45, 2.75) is 18.9 Å². The molecule has 2 heterocycles. The summed E-state index contributed by atoms with van der Waals surface area (Å²) in [6.45, 7) is 1.71. The topological polar surface area (TPSA) is 64.2 Å². The Morgan fingerprint density at radius 2 is 1.87 bits per heavy atom. The third kappa shape index (κ3) is 2.90. The molecular formula is C15H13F3N4S. The highest BCUT2D eigenvalue weighted by Crippen LogP contribution is 2.38. The van der Waals surface area contributed by atoms with Crippen LogP contribution in [-0.4, -0.2) is 20.9 Å². The lowest BCUT2D eigenvalue weighted by atomic mass is 9.87. The Bertz CT molecular complexity index is 796. The molecule has 2 aromatic rings. The quantitative estimate of drug-likeness (QED) is 0.913. The molecule has 1 aliphatic heterocycles. The van der Waals surface area contributed by atoms with Crippen LogP contribution in [0.4, 0.5) is 13.2 Å². The minimum Gasteiger partial charge on any atom is -0.379 e. The summed E-state index contributed by atoms with van der Waals surface area (Å²) < 4.78 is 42.2. The van der Waals surface area contributed by atoms with Gasteiger partial charge >= 0.3 is 0 Å². The first kappa shape index (κ1) is 15.8. The van der Waals surface area contributed by atoms with Crippen LogP contribution in [0.5, 0.6) is 0 Å². The van der Waals surface area contributed by atoms with E-state index < -0.39 is 23.1 Å². The van der Waals surface area contributed by atoms with E-state index in [1.54, 1.807) is 6.92 Å². The highest BCUT2D eigenvalue weighted by atomic mass is 32.2. The van der Waals surface area contributed by atoms with Crippen molar-refractivity contribution < 1.29 is 13.2 Å². The van der Waals surface area contributed by atoms with Gasteiger partial charge in [0, 0.05) is 35.3 Å². The molecule has 120 valence electrons. The van der Waals surface area contributed by atoms with Crippen LogP contribution in [0.15, 0.2) is 29.5 Å². The molecule has 1 aromatic carbocycles. The number of nitrogens with zero attached hydrogens (tertiary/aromatic N) is 3. The molecule has 0 bridgehead atoms. The number of thioether (sulfide) groups is 1. The van der Waals surface area contributed by atoms with Crippen LogP contribution in [0.2, 0.25) is 0 Å². The minimum atomic E-state index is -0.930. The zero-order chi connectivity index (χ0) is 16.6. The number of nitrogens with two attached hydrogens (primary N) is 1. The Balaban J connectivity index is 2.19. The van der Waals surface area contributed by atoms with E-state index in [0.29, 0.717) is 17.3 Å². The van der Waals surface area contributed by atoms with Crippen molar-refractivity contribution in [1.29, 1.82) is 0 Å². The van der Waals surface area contributed by atoms with Gasteiger partial charge in [0.05, 0.1) is 5.54 Å². The smallest absolute Gasteiger partial charge is 0.239 e. The van der Waals surface area contributed by atoms with Crippen LogP contribution in [-0.2, 0) is 5.54 Å². The summed E-state index contributed by atoms with van der Waals surface area (Å²) in [5, 5.41) is 0.342. The lowest BCUT2D eigenvalue weighted by molar-refractivity contribution is 0.446. The summed E-state index contributed by atoms with van der Waals surface area (Å²) in [5.41, 5.74) is 4.54. The molecule has 0 radical (unpaired) electrons. The van der Waals surface area contributed by atoms with Crippen molar-refractivity contribution in [3.8, 4) is 11.3 Å². The number of halogens is 3. The number of hydrogen-bond acceptors (Lipinski definition) is 5. The molecule has 0 unspecified atom stereocenters. The van der Waals surface area contributed by atoms with E-state index in [1.807, 2.05) is 0 Å². The fraction of sp³-hybridized carbons (Fsp3) is 0.267. The Morgan fingerprint density at radius 3 is 2.57 bits per heavy atom. The van der Waals surface area contributed by atoms with Crippen molar-refractivity contribution in [2.75, 3.05) is 5.75 Å². The SMILES string of the molecule is C[C@@]1(c2cc(-c3nccnc3F)c(F)cc2F)CCSC(N)=N1. The molecule has 8 heteroatoms. The predicted molar refractivity (Wildman–Crippen MR) is 83.4 cm³/mol. The van der Waals surface area contributed by atoms with Gasteiger partial charge in [-0.2, -0.15) is 4.39 Å². The molecule has 4 nitrogen and oxygen atoms in total. The van der Waals surface area contributed by atoms with Gasteiger partial charge < -0.3 is 5.73 Å². The zero-order valence-corrected chi connectivity index (χ0v) is 13.0. The Labute approximate surface area is 135 Å². The summed E-state index contributed by atoms with van der Waals surface area (Å²) in [7, 11) is 0. The molecule has 0 aliphatic carbocycles. The average Bonchev–Trinajstić information content (AvgIpc) is 2.48. The molecule has 0 spiro atoms. The van der Waals surface area contributed by atoms with E-state index in [0.717, 1.165) is 12.3 Å². The molecule has 0 fully saturated rings. The zero-order valence-electron chi connectivity index (χ0n) is 12.2. The van der Waals surface area contributed by atoms with Gasteiger partial charge in [0.15, 0.2) is 5.17 Å². The van der Waals surface area contributed by atoms with Crippen LogP contribution in [0.1, 0.15) is 18.9 Å². The van der Waals surface area contributed by atoms with Gasteiger partial charge in [-0.3, -0.25) is 4.99 Å². The van der Waals surface area contributed by atoms with Gasteiger partial charge in [-0.1, -0.05) is 11.8 Å². The van der Waals surface area contributed by atoms with Gasteiger partial charge in [0.1, 0.15) is 17.3 Å². The summed E-state index contributed by atoms with van der Waals surface area (Å²) >= 11 is 1.38. The van der Waals surface area contributed by atoms with Gasteiger partial charge in [0.2, 0.25) is 5.95 Å². The Morgan fingerprint density at radius 1 is 1.13 bits per heavy atom. The third-order valence-electron chi connectivity index (χ3n) is 3.74. The predicted octanol–water partition coefficient (Wildman–Crippen LogP) is 3.23.